The van der Waals surface area contributed by atoms with E-state index in [1.165, 1.54) is 22.6 Å². The molecule has 1 aliphatic heterocycles. The minimum absolute atomic E-state index is 0.0788. The number of halogens is 2. The zero-order valence-corrected chi connectivity index (χ0v) is 23.0. The fourth-order valence-corrected chi connectivity index (χ4v) is 6.48. The van der Waals surface area contributed by atoms with Crippen LogP contribution in [0, 0.1) is 11.7 Å². The van der Waals surface area contributed by atoms with E-state index >= 15 is 0 Å². The SMILES string of the molecule is CC(C)[C@H](c1ccc(Cl)cc1)[C@@H](N=[N+]=[N-])C(=O)Nc1cncc(F)c1CCC1CN1S(=O)(=O)c1ccccc1. The first-order chi connectivity index (χ1) is 18.6. The summed E-state index contributed by atoms with van der Waals surface area (Å²) < 4.78 is 41.9. The van der Waals surface area contributed by atoms with Gasteiger partial charge >= 0.3 is 0 Å². The van der Waals surface area contributed by atoms with Crippen molar-refractivity contribution in [2.45, 2.75) is 49.6 Å². The summed E-state index contributed by atoms with van der Waals surface area (Å²) in [6.07, 6.45) is 2.91. The third-order valence-corrected chi connectivity index (χ3v) is 8.95. The third kappa shape index (κ3) is 6.57. The number of anilines is 1. The molecule has 0 aliphatic carbocycles. The normalized spacial score (nSPS) is 18.2. The van der Waals surface area contributed by atoms with Crippen LogP contribution in [0.2, 0.25) is 5.02 Å². The summed E-state index contributed by atoms with van der Waals surface area (Å²) >= 11 is 6.02. The summed E-state index contributed by atoms with van der Waals surface area (Å²) in [5, 5.41) is 7.03. The standard InChI is InChI=1S/C27H28ClFN6O3S/c1-17(2)25(18-8-10-19(28)11-9-18)26(33-34-30)27(36)32-24-15-31-14-23(29)22(24)13-12-20-16-35(20)39(37,38)21-6-4-3-5-7-21/h3-11,14-15,17,20,25-26H,12-13,16H2,1-2H3,(H,32,36)/t20?,25-,26-,35?/m1/s1. The molecular formula is C27H28ClFN6O3S. The Labute approximate surface area is 231 Å². The van der Waals surface area contributed by atoms with Crippen molar-refractivity contribution >= 4 is 33.2 Å². The van der Waals surface area contributed by atoms with Gasteiger partial charge in [0, 0.05) is 34.0 Å². The van der Waals surface area contributed by atoms with Crippen molar-refractivity contribution in [1.82, 2.24) is 9.29 Å². The molecule has 0 radical (unpaired) electrons. The van der Waals surface area contributed by atoms with Gasteiger partial charge in [-0.3, -0.25) is 9.78 Å². The fraction of sp³-hybridized carbons (Fsp3) is 0.333. The van der Waals surface area contributed by atoms with E-state index in [0.717, 1.165) is 11.8 Å². The smallest absolute Gasteiger partial charge is 0.243 e. The van der Waals surface area contributed by atoms with E-state index in [2.05, 4.69) is 20.3 Å². The highest BCUT2D eigenvalue weighted by Gasteiger charge is 2.44. The summed E-state index contributed by atoms with van der Waals surface area (Å²) in [6, 6.07) is 13.7. The Morgan fingerprint density at radius 2 is 1.90 bits per heavy atom. The second-order valence-electron chi connectivity index (χ2n) is 9.69. The van der Waals surface area contributed by atoms with Crippen LogP contribution in [0.1, 0.15) is 37.3 Å². The number of hydrogen-bond donors (Lipinski definition) is 1. The quantitative estimate of drug-likeness (QED) is 0.132. The van der Waals surface area contributed by atoms with Crippen molar-refractivity contribution in [1.29, 1.82) is 0 Å². The van der Waals surface area contributed by atoms with Gasteiger partial charge in [-0.05, 0) is 54.1 Å². The molecule has 2 aromatic carbocycles. The molecule has 1 amide bonds. The van der Waals surface area contributed by atoms with E-state index in [4.69, 9.17) is 11.6 Å². The summed E-state index contributed by atoms with van der Waals surface area (Å²) in [5.74, 6) is -1.77. The van der Waals surface area contributed by atoms with Crippen molar-refractivity contribution in [3.63, 3.8) is 0 Å². The molecule has 39 heavy (non-hydrogen) atoms. The van der Waals surface area contributed by atoms with E-state index < -0.39 is 33.7 Å². The van der Waals surface area contributed by atoms with Gasteiger partial charge in [-0.1, -0.05) is 60.9 Å². The first kappa shape index (κ1) is 28.5. The number of nitrogens with one attached hydrogen (secondary N) is 1. The van der Waals surface area contributed by atoms with Crippen molar-refractivity contribution in [2.75, 3.05) is 11.9 Å². The van der Waals surface area contributed by atoms with E-state index in [-0.39, 0.29) is 34.5 Å². The van der Waals surface area contributed by atoms with Crippen molar-refractivity contribution in [3.05, 3.63) is 99.4 Å². The molecule has 1 aliphatic rings. The monoisotopic (exact) mass is 570 g/mol. The number of aromatic nitrogens is 1. The molecule has 1 saturated heterocycles. The van der Waals surface area contributed by atoms with Crippen LogP contribution in [-0.4, -0.2) is 42.2 Å². The van der Waals surface area contributed by atoms with E-state index in [1.54, 1.807) is 42.5 Å². The van der Waals surface area contributed by atoms with Gasteiger partial charge in [0.2, 0.25) is 15.9 Å². The van der Waals surface area contributed by atoms with E-state index in [9.17, 15) is 23.1 Å². The molecule has 4 rings (SSSR count). The Hall–Kier alpha value is -3.50. The number of pyridine rings is 1. The minimum atomic E-state index is -3.62. The topological polar surface area (TPSA) is 128 Å². The number of carbonyl (C=O) groups excluding carboxylic acids is 1. The van der Waals surface area contributed by atoms with Gasteiger partial charge in [-0.15, -0.1) is 0 Å². The molecule has 1 aromatic heterocycles. The molecule has 0 bridgehead atoms. The van der Waals surface area contributed by atoms with Crippen LogP contribution in [0.25, 0.3) is 10.4 Å². The molecule has 204 valence electrons. The predicted molar refractivity (Wildman–Crippen MR) is 147 cm³/mol. The molecule has 4 atom stereocenters. The third-order valence-electron chi connectivity index (χ3n) is 6.76. The molecule has 0 spiro atoms. The number of azide groups is 1. The average Bonchev–Trinajstić information content (AvgIpc) is 3.70. The highest BCUT2D eigenvalue weighted by Crippen LogP contribution is 2.34. The number of benzene rings is 2. The highest BCUT2D eigenvalue weighted by atomic mass is 35.5. The second kappa shape index (κ2) is 12.1. The molecular weight excluding hydrogens is 543 g/mol. The molecule has 2 heterocycles. The Morgan fingerprint density at radius 1 is 1.21 bits per heavy atom. The van der Waals surface area contributed by atoms with Gasteiger partial charge in [-0.2, -0.15) is 4.31 Å². The summed E-state index contributed by atoms with van der Waals surface area (Å²) in [7, 11) is -3.62. The second-order valence-corrected chi connectivity index (χ2v) is 12.0. The van der Waals surface area contributed by atoms with Crippen molar-refractivity contribution < 1.29 is 17.6 Å². The number of amides is 1. The molecule has 0 saturated carbocycles. The first-order valence-electron chi connectivity index (χ1n) is 12.4. The van der Waals surface area contributed by atoms with E-state index in [1.807, 2.05) is 13.8 Å². The lowest BCUT2D eigenvalue weighted by molar-refractivity contribution is -0.118. The van der Waals surface area contributed by atoms with Gasteiger partial charge in [0.15, 0.2) is 0 Å². The lowest BCUT2D eigenvalue weighted by Gasteiger charge is -2.27. The summed E-state index contributed by atoms with van der Waals surface area (Å²) in [6.45, 7) is 4.15. The fourth-order valence-electron chi connectivity index (χ4n) is 4.72. The number of carbonyl (C=O) groups is 1. The van der Waals surface area contributed by atoms with Gasteiger partial charge in [-0.25, -0.2) is 12.8 Å². The number of rotatable bonds is 11. The van der Waals surface area contributed by atoms with E-state index in [0.29, 0.717) is 18.0 Å². The predicted octanol–water partition coefficient (Wildman–Crippen LogP) is 5.94. The van der Waals surface area contributed by atoms with Crippen LogP contribution in [0.15, 0.2) is 77.0 Å². The van der Waals surface area contributed by atoms with Crippen LogP contribution < -0.4 is 5.32 Å². The number of nitrogens with zero attached hydrogens (tertiary/aromatic N) is 5. The van der Waals surface area contributed by atoms with Crippen LogP contribution in [0.4, 0.5) is 10.1 Å². The Balaban J connectivity index is 1.51. The number of sulfonamides is 1. The molecule has 1 fully saturated rings. The average molecular weight is 571 g/mol. The summed E-state index contributed by atoms with van der Waals surface area (Å²) in [4.78, 5) is 20.4. The van der Waals surface area contributed by atoms with Gasteiger partial charge in [0.1, 0.15) is 11.9 Å². The van der Waals surface area contributed by atoms with Crippen molar-refractivity contribution in [2.24, 2.45) is 11.0 Å². The highest BCUT2D eigenvalue weighted by molar-refractivity contribution is 7.89. The lowest BCUT2D eigenvalue weighted by Crippen LogP contribution is -2.34. The van der Waals surface area contributed by atoms with Gasteiger partial charge in [0.25, 0.3) is 0 Å². The maximum Gasteiger partial charge on any atom is 0.243 e. The number of hydrogen-bond acceptors (Lipinski definition) is 5. The molecule has 12 heteroatoms. The molecule has 2 unspecified atom stereocenters. The minimum Gasteiger partial charge on any atom is -0.324 e. The van der Waals surface area contributed by atoms with Crippen molar-refractivity contribution in [3.8, 4) is 0 Å². The maximum atomic E-state index is 14.9. The lowest BCUT2D eigenvalue weighted by atomic mass is 9.82. The largest absolute Gasteiger partial charge is 0.324 e. The maximum absolute atomic E-state index is 14.9. The molecule has 9 nitrogen and oxygen atoms in total. The zero-order valence-electron chi connectivity index (χ0n) is 21.4. The Morgan fingerprint density at radius 3 is 2.54 bits per heavy atom. The van der Waals surface area contributed by atoms with Crippen LogP contribution in [0.5, 0.6) is 0 Å². The molecule has 3 aromatic rings. The summed E-state index contributed by atoms with van der Waals surface area (Å²) in [5.41, 5.74) is 10.4. The van der Waals surface area contributed by atoms with Gasteiger partial charge < -0.3 is 5.32 Å². The van der Waals surface area contributed by atoms with Gasteiger partial charge in [0.05, 0.1) is 23.0 Å². The Bertz CT molecular complexity index is 1480. The Kier molecular flexibility index (Phi) is 8.87. The van der Waals surface area contributed by atoms with Crippen LogP contribution in [-0.2, 0) is 21.2 Å². The first-order valence-corrected chi connectivity index (χ1v) is 14.2. The molecule has 1 N–H and O–H groups in total. The zero-order chi connectivity index (χ0) is 28.2. The van der Waals surface area contributed by atoms with Crippen LogP contribution in [0.3, 0.4) is 0 Å². The van der Waals surface area contributed by atoms with Crippen LogP contribution >= 0.6 is 11.6 Å².